The van der Waals surface area contributed by atoms with E-state index >= 15 is 0 Å². The molecule has 1 N–H and O–H groups in total. The smallest absolute Gasteiger partial charge is 0.128 e. The Morgan fingerprint density at radius 2 is 2.07 bits per heavy atom. The predicted molar refractivity (Wildman–Crippen MR) is 64.1 cm³/mol. The SMILES string of the molecule is CCNc1c(CN(C)CC)c(C)nn1C. The maximum Gasteiger partial charge on any atom is 0.128 e. The zero-order valence-electron chi connectivity index (χ0n) is 10.5. The molecule has 0 amide bonds. The van der Waals surface area contributed by atoms with Gasteiger partial charge in [-0.25, -0.2) is 0 Å². The highest BCUT2D eigenvalue weighted by molar-refractivity contribution is 5.47. The Hall–Kier alpha value is -1.03. The van der Waals surface area contributed by atoms with E-state index in [2.05, 4.69) is 43.1 Å². The molecule has 0 atom stereocenters. The van der Waals surface area contributed by atoms with Crippen LogP contribution in [-0.2, 0) is 13.6 Å². The number of anilines is 1. The van der Waals surface area contributed by atoms with Gasteiger partial charge in [-0.2, -0.15) is 5.10 Å². The molecular weight excluding hydrogens is 188 g/mol. The minimum Gasteiger partial charge on any atom is -0.370 e. The molecule has 1 rings (SSSR count). The van der Waals surface area contributed by atoms with Crippen molar-refractivity contribution in [2.75, 3.05) is 25.5 Å². The Morgan fingerprint density at radius 1 is 1.40 bits per heavy atom. The van der Waals surface area contributed by atoms with Gasteiger partial charge in [-0.1, -0.05) is 6.92 Å². The number of aromatic nitrogens is 2. The maximum atomic E-state index is 4.44. The summed E-state index contributed by atoms with van der Waals surface area (Å²) in [7, 11) is 4.11. The number of nitrogens with zero attached hydrogens (tertiary/aromatic N) is 3. The second-order valence-electron chi connectivity index (χ2n) is 3.90. The van der Waals surface area contributed by atoms with Gasteiger partial charge in [0.15, 0.2) is 0 Å². The molecule has 15 heavy (non-hydrogen) atoms. The van der Waals surface area contributed by atoms with Crippen LogP contribution in [-0.4, -0.2) is 34.8 Å². The highest BCUT2D eigenvalue weighted by Gasteiger charge is 2.13. The maximum absolute atomic E-state index is 4.44. The molecule has 0 radical (unpaired) electrons. The summed E-state index contributed by atoms with van der Waals surface area (Å²) in [6.07, 6.45) is 0. The van der Waals surface area contributed by atoms with Crippen molar-refractivity contribution in [3.8, 4) is 0 Å². The number of rotatable bonds is 5. The van der Waals surface area contributed by atoms with E-state index in [0.717, 1.165) is 31.1 Å². The molecule has 1 heterocycles. The molecule has 0 fully saturated rings. The predicted octanol–water partition coefficient (Wildman–Crippen LogP) is 1.61. The van der Waals surface area contributed by atoms with Crippen molar-refractivity contribution in [1.82, 2.24) is 14.7 Å². The van der Waals surface area contributed by atoms with Crippen LogP contribution < -0.4 is 5.32 Å². The first-order valence-corrected chi connectivity index (χ1v) is 5.55. The van der Waals surface area contributed by atoms with Gasteiger partial charge in [0.2, 0.25) is 0 Å². The van der Waals surface area contributed by atoms with Crippen molar-refractivity contribution < 1.29 is 0 Å². The Bertz CT molecular complexity index is 317. The summed E-state index contributed by atoms with van der Waals surface area (Å²) >= 11 is 0. The largest absolute Gasteiger partial charge is 0.370 e. The second-order valence-corrected chi connectivity index (χ2v) is 3.90. The molecule has 0 aliphatic heterocycles. The van der Waals surface area contributed by atoms with Crippen molar-refractivity contribution in [3.63, 3.8) is 0 Å². The van der Waals surface area contributed by atoms with Crippen molar-refractivity contribution in [2.45, 2.75) is 27.3 Å². The summed E-state index contributed by atoms with van der Waals surface area (Å²) < 4.78 is 1.93. The van der Waals surface area contributed by atoms with E-state index < -0.39 is 0 Å². The highest BCUT2D eigenvalue weighted by atomic mass is 15.3. The Labute approximate surface area is 92.3 Å². The summed E-state index contributed by atoms with van der Waals surface area (Å²) in [6, 6.07) is 0. The zero-order chi connectivity index (χ0) is 11.4. The Morgan fingerprint density at radius 3 is 2.60 bits per heavy atom. The number of hydrogen-bond donors (Lipinski definition) is 1. The van der Waals surface area contributed by atoms with Crippen molar-refractivity contribution in [3.05, 3.63) is 11.3 Å². The van der Waals surface area contributed by atoms with Crippen LogP contribution in [0.25, 0.3) is 0 Å². The summed E-state index contributed by atoms with van der Waals surface area (Å²) in [5.41, 5.74) is 2.43. The molecular formula is C11H22N4. The third-order valence-corrected chi connectivity index (χ3v) is 2.66. The third-order valence-electron chi connectivity index (χ3n) is 2.66. The average Bonchev–Trinajstić information content (AvgIpc) is 2.45. The molecule has 0 unspecified atom stereocenters. The fourth-order valence-electron chi connectivity index (χ4n) is 1.66. The van der Waals surface area contributed by atoms with Crippen LogP contribution in [0.15, 0.2) is 0 Å². The lowest BCUT2D eigenvalue weighted by atomic mass is 10.2. The third kappa shape index (κ3) is 2.72. The van der Waals surface area contributed by atoms with Crippen molar-refractivity contribution >= 4 is 5.82 Å². The molecule has 4 nitrogen and oxygen atoms in total. The van der Waals surface area contributed by atoms with Gasteiger partial charge >= 0.3 is 0 Å². The van der Waals surface area contributed by atoms with Gasteiger partial charge in [0, 0.05) is 25.7 Å². The van der Waals surface area contributed by atoms with Crippen LogP contribution in [0.3, 0.4) is 0 Å². The highest BCUT2D eigenvalue weighted by Crippen LogP contribution is 2.19. The lowest BCUT2D eigenvalue weighted by molar-refractivity contribution is 0.345. The molecule has 1 aromatic heterocycles. The van der Waals surface area contributed by atoms with Gasteiger partial charge in [-0.05, 0) is 27.4 Å². The molecule has 0 saturated heterocycles. The molecule has 0 saturated carbocycles. The van der Waals surface area contributed by atoms with Crippen molar-refractivity contribution in [2.24, 2.45) is 7.05 Å². The summed E-state index contributed by atoms with van der Waals surface area (Å²) in [5, 5.41) is 7.81. The standard InChI is InChI=1S/C11H22N4/c1-6-12-11-10(8-14(4)7-2)9(3)13-15(11)5/h12H,6-8H2,1-5H3. The quantitative estimate of drug-likeness (QED) is 0.801. The molecule has 0 aromatic carbocycles. The van der Waals surface area contributed by atoms with E-state index in [-0.39, 0.29) is 0 Å². The van der Waals surface area contributed by atoms with E-state index in [0.29, 0.717) is 0 Å². The molecule has 0 aliphatic rings. The fourth-order valence-corrected chi connectivity index (χ4v) is 1.66. The minimum atomic E-state index is 0.932. The lowest BCUT2D eigenvalue weighted by Crippen LogP contribution is -2.18. The topological polar surface area (TPSA) is 33.1 Å². The normalized spacial score (nSPS) is 11.1. The van der Waals surface area contributed by atoms with Crippen molar-refractivity contribution in [1.29, 1.82) is 0 Å². The zero-order valence-corrected chi connectivity index (χ0v) is 10.5. The molecule has 0 aliphatic carbocycles. The van der Waals surface area contributed by atoms with E-state index in [9.17, 15) is 0 Å². The monoisotopic (exact) mass is 210 g/mol. The summed E-state index contributed by atoms with van der Waals surface area (Å²) in [5.74, 6) is 1.15. The second kappa shape index (κ2) is 5.16. The fraction of sp³-hybridized carbons (Fsp3) is 0.727. The van der Waals surface area contributed by atoms with Gasteiger partial charge in [-0.15, -0.1) is 0 Å². The van der Waals surface area contributed by atoms with Crippen LogP contribution in [0.4, 0.5) is 5.82 Å². The van der Waals surface area contributed by atoms with Gasteiger partial charge in [0.05, 0.1) is 5.69 Å². The molecule has 0 spiro atoms. The van der Waals surface area contributed by atoms with Crippen LogP contribution >= 0.6 is 0 Å². The molecule has 86 valence electrons. The number of aryl methyl sites for hydroxylation is 2. The molecule has 0 bridgehead atoms. The summed E-state index contributed by atoms with van der Waals surface area (Å²) in [6.45, 7) is 9.29. The first kappa shape index (κ1) is 12.0. The summed E-state index contributed by atoms with van der Waals surface area (Å²) in [4.78, 5) is 2.28. The average molecular weight is 210 g/mol. The van der Waals surface area contributed by atoms with E-state index in [4.69, 9.17) is 0 Å². The van der Waals surface area contributed by atoms with Gasteiger partial charge in [0.25, 0.3) is 0 Å². The van der Waals surface area contributed by atoms with E-state index in [1.54, 1.807) is 0 Å². The lowest BCUT2D eigenvalue weighted by Gasteiger charge is -2.15. The molecule has 4 heteroatoms. The van der Waals surface area contributed by atoms with E-state index in [1.807, 2.05) is 11.7 Å². The van der Waals surface area contributed by atoms with Crippen LogP contribution in [0.1, 0.15) is 25.1 Å². The van der Waals surface area contributed by atoms with Crippen LogP contribution in [0.5, 0.6) is 0 Å². The first-order chi connectivity index (χ1) is 7.10. The Kier molecular flexibility index (Phi) is 4.15. The minimum absolute atomic E-state index is 0.932. The first-order valence-electron chi connectivity index (χ1n) is 5.55. The van der Waals surface area contributed by atoms with E-state index in [1.165, 1.54) is 5.56 Å². The number of hydrogen-bond acceptors (Lipinski definition) is 3. The van der Waals surface area contributed by atoms with Crippen LogP contribution in [0.2, 0.25) is 0 Å². The van der Waals surface area contributed by atoms with Gasteiger partial charge in [-0.3, -0.25) is 4.68 Å². The molecule has 1 aromatic rings. The Balaban J connectivity index is 2.93. The number of nitrogens with one attached hydrogen (secondary N) is 1. The van der Waals surface area contributed by atoms with Crippen LogP contribution in [0, 0.1) is 6.92 Å². The van der Waals surface area contributed by atoms with Gasteiger partial charge in [0.1, 0.15) is 5.82 Å². The van der Waals surface area contributed by atoms with Gasteiger partial charge < -0.3 is 10.2 Å².